The lowest BCUT2D eigenvalue weighted by molar-refractivity contribution is 0.154. The fourth-order valence-electron chi connectivity index (χ4n) is 2.06. The molecule has 0 bridgehead atoms. The summed E-state index contributed by atoms with van der Waals surface area (Å²) in [6, 6.07) is 0. The molecule has 0 saturated heterocycles. The molecule has 1 aliphatic carbocycles. The van der Waals surface area contributed by atoms with Crippen LogP contribution in [0.25, 0.3) is 0 Å². The maximum Gasteiger partial charge on any atom is 0.144 e. The minimum absolute atomic E-state index is 0.882. The third-order valence-electron chi connectivity index (χ3n) is 3.15. The molecule has 1 heteroatoms. The molecule has 0 aromatic rings. The van der Waals surface area contributed by atoms with Crippen molar-refractivity contribution in [2.24, 2.45) is 0 Å². The monoisotopic (exact) mass is 220 g/mol. The Morgan fingerprint density at radius 3 is 2.81 bits per heavy atom. The molecule has 0 spiro atoms. The summed E-state index contributed by atoms with van der Waals surface area (Å²) in [5.41, 5.74) is 0.244. The van der Waals surface area contributed by atoms with Crippen molar-refractivity contribution in [2.75, 3.05) is 0 Å². The molecule has 1 nitrogen and oxygen atoms in total. The van der Waals surface area contributed by atoms with Crippen LogP contribution in [0, 0.1) is 11.8 Å². The van der Waals surface area contributed by atoms with Crippen molar-refractivity contribution < 1.29 is 5.11 Å². The Hall–Kier alpha value is -0.740. The summed E-state index contributed by atoms with van der Waals surface area (Å²) in [5.74, 6) is 6.14. The van der Waals surface area contributed by atoms with Crippen LogP contribution in [0.5, 0.6) is 0 Å². The van der Waals surface area contributed by atoms with Crippen LogP contribution in [-0.2, 0) is 0 Å². The predicted octanol–water partition coefficient (Wildman–Crippen LogP) is 3.82. The van der Waals surface area contributed by atoms with Crippen LogP contribution in [-0.4, -0.2) is 10.7 Å². The maximum absolute atomic E-state index is 10.3. The summed E-state index contributed by atoms with van der Waals surface area (Å²) in [7, 11) is 0. The average molecular weight is 220 g/mol. The van der Waals surface area contributed by atoms with Crippen LogP contribution in [0.15, 0.2) is 11.6 Å². The number of hydrogen-bond donors (Lipinski definition) is 1. The first kappa shape index (κ1) is 13.3. The highest BCUT2D eigenvalue weighted by Crippen LogP contribution is 2.26. The first-order valence-corrected chi connectivity index (χ1v) is 6.58. The molecule has 0 saturated carbocycles. The van der Waals surface area contributed by atoms with Gasteiger partial charge < -0.3 is 5.11 Å². The maximum atomic E-state index is 10.3. The van der Waals surface area contributed by atoms with Gasteiger partial charge in [-0.1, -0.05) is 37.7 Å². The minimum atomic E-state index is -0.882. The summed E-state index contributed by atoms with van der Waals surface area (Å²) in [4.78, 5) is 0. The molecule has 0 aromatic heterocycles. The lowest BCUT2D eigenvalue weighted by atomic mass is 9.87. The second-order valence-electron chi connectivity index (χ2n) is 4.81. The smallest absolute Gasteiger partial charge is 0.144 e. The Balaban J connectivity index is 2.46. The predicted molar refractivity (Wildman–Crippen MR) is 69.1 cm³/mol. The molecule has 90 valence electrons. The number of rotatable bonds is 4. The van der Waals surface area contributed by atoms with Crippen molar-refractivity contribution in [1.82, 2.24) is 0 Å². The van der Waals surface area contributed by atoms with Gasteiger partial charge >= 0.3 is 0 Å². The number of aliphatic hydroxyl groups is 1. The molecule has 0 heterocycles. The van der Waals surface area contributed by atoms with E-state index in [0.717, 1.165) is 31.3 Å². The van der Waals surface area contributed by atoms with Gasteiger partial charge in [-0.25, -0.2) is 0 Å². The second-order valence-corrected chi connectivity index (χ2v) is 4.81. The fraction of sp³-hybridized carbons (Fsp3) is 0.733. The van der Waals surface area contributed by atoms with Gasteiger partial charge in [0.2, 0.25) is 0 Å². The first-order valence-electron chi connectivity index (χ1n) is 6.58. The Labute approximate surface area is 99.9 Å². The van der Waals surface area contributed by atoms with Crippen LogP contribution in [0.3, 0.4) is 0 Å². The molecule has 0 radical (unpaired) electrons. The molecule has 1 rings (SSSR count). The van der Waals surface area contributed by atoms with E-state index in [1.165, 1.54) is 25.7 Å². The van der Waals surface area contributed by atoms with Gasteiger partial charge in [0.25, 0.3) is 0 Å². The molecule has 0 aliphatic heterocycles. The summed E-state index contributed by atoms with van der Waals surface area (Å²) in [6.07, 6.45) is 11.3. The highest BCUT2D eigenvalue weighted by molar-refractivity contribution is 5.30. The lowest BCUT2D eigenvalue weighted by Gasteiger charge is -2.23. The van der Waals surface area contributed by atoms with Crippen molar-refractivity contribution in [1.29, 1.82) is 0 Å². The quantitative estimate of drug-likeness (QED) is 0.434. The Bertz CT molecular complexity index is 288. The number of hydrogen-bond acceptors (Lipinski definition) is 1. The van der Waals surface area contributed by atoms with E-state index in [9.17, 15) is 5.11 Å². The first-order chi connectivity index (χ1) is 7.67. The van der Waals surface area contributed by atoms with Gasteiger partial charge in [0.05, 0.1) is 0 Å². The van der Waals surface area contributed by atoms with Gasteiger partial charge in [0, 0.05) is 6.42 Å². The van der Waals surface area contributed by atoms with Crippen LogP contribution in [0.4, 0.5) is 0 Å². The largest absolute Gasteiger partial charge is 0.374 e. The van der Waals surface area contributed by atoms with Gasteiger partial charge in [-0.15, -0.1) is 0 Å². The summed E-state index contributed by atoms with van der Waals surface area (Å²) < 4.78 is 0. The van der Waals surface area contributed by atoms with Crippen molar-refractivity contribution in [3.63, 3.8) is 0 Å². The van der Waals surface area contributed by atoms with Crippen molar-refractivity contribution in [3.05, 3.63) is 11.6 Å². The van der Waals surface area contributed by atoms with Gasteiger partial charge in [-0.2, -0.15) is 0 Å². The van der Waals surface area contributed by atoms with Crippen molar-refractivity contribution in [3.8, 4) is 11.8 Å². The van der Waals surface area contributed by atoms with E-state index >= 15 is 0 Å². The Kier molecular flexibility index (Phi) is 5.63. The normalized spacial score (nSPS) is 19.3. The number of allylic oxidation sites excluding steroid dienone is 1. The van der Waals surface area contributed by atoms with E-state index in [1.54, 1.807) is 0 Å². The minimum Gasteiger partial charge on any atom is -0.374 e. The van der Waals surface area contributed by atoms with Gasteiger partial charge in [0.1, 0.15) is 5.60 Å². The molecule has 1 unspecified atom stereocenters. The Morgan fingerprint density at radius 1 is 1.38 bits per heavy atom. The second kappa shape index (κ2) is 6.76. The third-order valence-corrected chi connectivity index (χ3v) is 3.15. The zero-order valence-electron chi connectivity index (χ0n) is 10.7. The van der Waals surface area contributed by atoms with Crippen molar-refractivity contribution in [2.45, 2.75) is 70.8 Å². The van der Waals surface area contributed by atoms with Gasteiger partial charge in [0.15, 0.2) is 0 Å². The lowest BCUT2D eigenvalue weighted by Crippen LogP contribution is -2.25. The number of unbranched alkanes of at least 4 members (excludes halogenated alkanes) is 3. The molecular formula is C15H24O. The molecule has 0 aromatic carbocycles. The third kappa shape index (κ3) is 4.41. The topological polar surface area (TPSA) is 20.2 Å². The summed E-state index contributed by atoms with van der Waals surface area (Å²) in [6.45, 7) is 4.02. The highest BCUT2D eigenvalue weighted by Gasteiger charge is 2.23. The van der Waals surface area contributed by atoms with E-state index in [2.05, 4.69) is 24.8 Å². The molecule has 16 heavy (non-hydrogen) atoms. The molecule has 0 amide bonds. The molecule has 1 N–H and O–H groups in total. The van der Waals surface area contributed by atoms with Gasteiger partial charge in [-0.3, -0.25) is 0 Å². The summed E-state index contributed by atoms with van der Waals surface area (Å²) in [5, 5.41) is 10.3. The zero-order chi connectivity index (χ0) is 11.9. The van der Waals surface area contributed by atoms with Crippen LogP contribution in [0.1, 0.15) is 65.2 Å². The van der Waals surface area contributed by atoms with Crippen LogP contribution in [0.2, 0.25) is 0 Å². The Morgan fingerprint density at radius 2 is 2.19 bits per heavy atom. The zero-order valence-corrected chi connectivity index (χ0v) is 10.7. The van der Waals surface area contributed by atoms with E-state index < -0.39 is 5.60 Å². The van der Waals surface area contributed by atoms with Crippen LogP contribution >= 0.6 is 0 Å². The fourth-order valence-corrected chi connectivity index (χ4v) is 2.06. The summed E-state index contributed by atoms with van der Waals surface area (Å²) >= 11 is 0. The molecule has 1 aliphatic rings. The molecule has 0 fully saturated rings. The SMILES string of the molecule is CCCCCC#CC(C)(O)C1=CCCCC1. The molecular weight excluding hydrogens is 196 g/mol. The van der Waals surface area contributed by atoms with E-state index in [1.807, 2.05) is 6.92 Å². The van der Waals surface area contributed by atoms with Crippen molar-refractivity contribution >= 4 is 0 Å². The van der Waals surface area contributed by atoms with E-state index in [4.69, 9.17) is 0 Å². The highest BCUT2D eigenvalue weighted by atomic mass is 16.3. The van der Waals surface area contributed by atoms with E-state index in [0.29, 0.717) is 0 Å². The molecule has 1 atom stereocenters. The van der Waals surface area contributed by atoms with Crippen LogP contribution < -0.4 is 0 Å². The van der Waals surface area contributed by atoms with E-state index in [-0.39, 0.29) is 0 Å². The van der Waals surface area contributed by atoms with Gasteiger partial charge in [-0.05, 0) is 44.6 Å². The average Bonchev–Trinajstić information content (AvgIpc) is 2.30. The standard InChI is InChI=1S/C15H24O/c1-3-4-5-6-10-13-15(2,16)14-11-8-7-9-12-14/h11,16H,3-9,12H2,1-2H3.